The average molecular weight is 374 g/mol. The lowest BCUT2D eigenvalue weighted by atomic mass is 10.1. The van der Waals surface area contributed by atoms with Gasteiger partial charge in [-0.25, -0.2) is 4.39 Å². The summed E-state index contributed by atoms with van der Waals surface area (Å²) < 4.78 is 18.0. The molecule has 1 saturated heterocycles. The lowest BCUT2D eigenvalue weighted by Gasteiger charge is -2.34. The number of nitrogens with zero attached hydrogens (tertiary/aromatic N) is 3. The van der Waals surface area contributed by atoms with Gasteiger partial charge in [0.15, 0.2) is 0 Å². The van der Waals surface area contributed by atoms with Gasteiger partial charge in [0, 0.05) is 37.4 Å². The minimum absolute atomic E-state index is 0.0415. The predicted octanol–water partition coefficient (Wildman–Crippen LogP) is 1.76. The molecule has 0 aliphatic carbocycles. The number of piperazine rings is 1. The first-order chi connectivity index (χ1) is 12.9. The van der Waals surface area contributed by atoms with Gasteiger partial charge >= 0.3 is 0 Å². The maximum Gasteiger partial charge on any atom is 0.238 e. The summed E-state index contributed by atoms with van der Waals surface area (Å²) in [5.74, 6) is 0.222. The minimum atomic E-state index is -0.342. The Morgan fingerprint density at radius 2 is 1.81 bits per heavy atom. The molecule has 2 amide bonds. The van der Waals surface area contributed by atoms with Crippen LogP contribution < -0.4 is 5.32 Å². The third-order valence-electron chi connectivity index (χ3n) is 4.73. The maximum absolute atomic E-state index is 12.9. The van der Waals surface area contributed by atoms with E-state index in [2.05, 4.69) is 10.5 Å². The first-order valence-electron chi connectivity index (χ1n) is 8.89. The third-order valence-corrected chi connectivity index (χ3v) is 4.73. The highest BCUT2D eigenvalue weighted by Gasteiger charge is 2.24. The van der Waals surface area contributed by atoms with E-state index in [0.29, 0.717) is 37.6 Å². The molecular formula is C19H23FN4O3. The second-order valence-electron chi connectivity index (χ2n) is 6.69. The van der Waals surface area contributed by atoms with E-state index >= 15 is 0 Å². The summed E-state index contributed by atoms with van der Waals surface area (Å²) in [6.07, 6.45) is 0.284. The van der Waals surface area contributed by atoms with Crippen molar-refractivity contribution in [3.8, 4) is 0 Å². The number of hydrogen-bond acceptors (Lipinski definition) is 5. The molecule has 0 saturated carbocycles. The van der Waals surface area contributed by atoms with Gasteiger partial charge in [0.25, 0.3) is 0 Å². The first-order valence-corrected chi connectivity index (χ1v) is 8.89. The monoisotopic (exact) mass is 374 g/mol. The summed E-state index contributed by atoms with van der Waals surface area (Å²) in [4.78, 5) is 28.4. The second kappa shape index (κ2) is 8.30. The van der Waals surface area contributed by atoms with Gasteiger partial charge < -0.3 is 14.7 Å². The molecule has 7 nitrogen and oxygen atoms in total. The molecule has 144 valence electrons. The zero-order valence-electron chi connectivity index (χ0n) is 15.5. The molecule has 1 fully saturated rings. The number of carbonyl (C=O) groups excluding carboxylic acids is 2. The molecule has 1 aliphatic rings. The summed E-state index contributed by atoms with van der Waals surface area (Å²) in [7, 11) is 0. The molecule has 1 N–H and O–H groups in total. The molecule has 3 rings (SSSR count). The Morgan fingerprint density at radius 3 is 2.41 bits per heavy atom. The Morgan fingerprint density at radius 1 is 1.15 bits per heavy atom. The first kappa shape index (κ1) is 19.0. The maximum atomic E-state index is 12.9. The number of nitrogens with one attached hydrogen (secondary N) is 1. The second-order valence-corrected chi connectivity index (χ2v) is 6.69. The van der Waals surface area contributed by atoms with E-state index < -0.39 is 0 Å². The van der Waals surface area contributed by atoms with Crippen LogP contribution in [-0.2, 0) is 16.0 Å². The SMILES string of the molecule is Cc1noc(C)c1CC(=O)N1CCN(CC(=O)Nc2ccc(F)cc2)CC1. The topological polar surface area (TPSA) is 78.7 Å². The molecule has 0 spiro atoms. The molecule has 8 heteroatoms. The van der Waals surface area contributed by atoms with Crippen LogP contribution in [0.15, 0.2) is 28.8 Å². The lowest BCUT2D eigenvalue weighted by Crippen LogP contribution is -2.50. The zero-order valence-corrected chi connectivity index (χ0v) is 15.5. The highest BCUT2D eigenvalue weighted by molar-refractivity contribution is 5.92. The number of benzene rings is 1. The Hall–Kier alpha value is -2.74. The van der Waals surface area contributed by atoms with Crippen LogP contribution in [-0.4, -0.2) is 59.5 Å². The highest BCUT2D eigenvalue weighted by atomic mass is 19.1. The number of rotatable bonds is 5. The zero-order chi connectivity index (χ0) is 19.4. The van der Waals surface area contributed by atoms with Crippen molar-refractivity contribution in [2.24, 2.45) is 0 Å². The van der Waals surface area contributed by atoms with Crippen molar-refractivity contribution in [2.45, 2.75) is 20.3 Å². The molecule has 2 aromatic rings. The standard InChI is InChI=1S/C19H23FN4O3/c1-13-17(14(2)27-22-13)11-19(26)24-9-7-23(8-10-24)12-18(25)21-16-5-3-15(20)4-6-16/h3-6H,7-12H2,1-2H3,(H,21,25). The van der Waals surface area contributed by atoms with Crippen molar-refractivity contribution in [1.82, 2.24) is 15.0 Å². The van der Waals surface area contributed by atoms with Gasteiger partial charge in [0.1, 0.15) is 11.6 Å². The van der Waals surface area contributed by atoms with Crippen molar-refractivity contribution >= 4 is 17.5 Å². The van der Waals surface area contributed by atoms with Crippen molar-refractivity contribution in [3.05, 3.63) is 47.1 Å². The Balaban J connectivity index is 1.45. The molecule has 0 radical (unpaired) electrons. The predicted molar refractivity (Wildman–Crippen MR) is 97.7 cm³/mol. The quantitative estimate of drug-likeness (QED) is 0.863. The average Bonchev–Trinajstić information content (AvgIpc) is 2.96. The number of hydrogen-bond donors (Lipinski definition) is 1. The molecule has 1 aromatic carbocycles. The van der Waals surface area contributed by atoms with Gasteiger partial charge in [-0.1, -0.05) is 5.16 Å². The van der Waals surface area contributed by atoms with Gasteiger partial charge in [-0.2, -0.15) is 0 Å². The van der Waals surface area contributed by atoms with Crippen molar-refractivity contribution < 1.29 is 18.5 Å². The largest absolute Gasteiger partial charge is 0.361 e. The van der Waals surface area contributed by atoms with E-state index in [9.17, 15) is 14.0 Å². The van der Waals surface area contributed by atoms with Crippen molar-refractivity contribution in [2.75, 3.05) is 38.0 Å². The van der Waals surface area contributed by atoms with Gasteiger partial charge in [-0.3, -0.25) is 14.5 Å². The summed E-state index contributed by atoms with van der Waals surface area (Å²) in [6, 6.07) is 5.66. The third kappa shape index (κ3) is 4.91. The Labute approximate surface area is 157 Å². The smallest absolute Gasteiger partial charge is 0.238 e. The van der Waals surface area contributed by atoms with E-state index in [1.165, 1.54) is 24.3 Å². The van der Waals surface area contributed by atoms with Crippen LogP contribution in [0.1, 0.15) is 17.0 Å². The molecule has 2 heterocycles. The van der Waals surface area contributed by atoms with Crippen LogP contribution in [0.25, 0.3) is 0 Å². The molecule has 0 unspecified atom stereocenters. The van der Waals surface area contributed by atoms with Crippen LogP contribution >= 0.6 is 0 Å². The van der Waals surface area contributed by atoms with Gasteiger partial charge in [0.05, 0.1) is 18.7 Å². The summed E-state index contributed by atoms with van der Waals surface area (Å²) in [6.45, 7) is 6.28. The summed E-state index contributed by atoms with van der Waals surface area (Å²) >= 11 is 0. The number of halogens is 1. The molecule has 0 bridgehead atoms. The van der Waals surface area contributed by atoms with Crippen molar-refractivity contribution in [3.63, 3.8) is 0 Å². The fourth-order valence-corrected chi connectivity index (χ4v) is 3.11. The summed E-state index contributed by atoms with van der Waals surface area (Å²) in [5.41, 5.74) is 2.16. The van der Waals surface area contributed by atoms with Crippen LogP contribution in [0.3, 0.4) is 0 Å². The number of aryl methyl sites for hydroxylation is 2. The van der Waals surface area contributed by atoms with Crippen LogP contribution in [0.4, 0.5) is 10.1 Å². The van der Waals surface area contributed by atoms with E-state index in [-0.39, 0.29) is 30.6 Å². The molecule has 1 aromatic heterocycles. The normalized spacial score (nSPS) is 15.0. The van der Waals surface area contributed by atoms with Crippen LogP contribution in [0.5, 0.6) is 0 Å². The molecule has 0 atom stereocenters. The number of anilines is 1. The number of aromatic nitrogens is 1. The van der Waals surface area contributed by atoms with Crippen molar-refractivity contribution in [1.29, 1.82) is 0 Å². The summed E-state index contributed by atoms with van der Waals surface area (Å²) in [5, 5.41) is 6.63. The fraction of sp³-hybridized carbons (Fsp3) is 0.421. The molecule has 1 aliphatic heterocycles. The Bertz CT molecular complexity index is 791. The van der Waals surface area contributed by atoms with Gasteiger partial charge in [-0.05, 0) is 38.1 Å². The van der Waals surface area contributed by atoms with E-state index in [1.54, 1.807) is 11.8 Å². The van der Waals surface area contributed by atoms with E-state index in [0.717, 1.165) is 11.3 Å². The number of carbonyl (C=O) groups is 2. The van der Waals surface area contributed by atoms with Gasteiger partial charge in [0.2, 0.25) is 11.8 Å². The molecular weight excluding hydrogens is 351 g/mol. The Kier molecular flexibility index (Phi) is 5.85. The van der Waals surface area contributed by atoms with Gasteiger partial charge in [-0.15, -0.1) is 0 Å². The van der Waals surface area contributed by atoms with Crippen LogP contribution in [0, 0.1) is 19.7 Å². The van der Waals surface area contributed by atoms with Crippen LogP contribution in [0.2, 0.25) is 0 Å². The highest BCUT2D eigenvalue weighted by Crippen LogP contribution is 2.15. The van der Waals surface area contributed by atoms with E-state index in [1.807, 2.05) is 11.8 Å². The van der Waals surface area contributed by atoms with E-state index in [4.69, 9.17) is 4.52 Å². The minimum Gasteiger partial charge on any atom is -0.361 e. The molecule has 27 heavy (non-hydrogen) atoms. The fourth-order valence-electron chi connectivity index (χ4n) is 3.11. The number of amides is 2. The lowest BCUT2D eigenvalue weighted by molar-refractivity contribution is -0.132.